The molecule has 0 bridgehead atoms. The van der Waals surface area contributed by atoms with Gasteiger partial charge in [0, 0.05) is 18.9 Å². The molecule has 0 spiro atoms. The van der Waals surface area contributed by atoms with Gasteiger partial charge >= 0.3 is 0 Å². The lowest BCUT2D eigenvalue weighted by molar-refractivity contribution is 0.173. The molecule has 0 saturated heterocycles. The van der Waals surface area contributed by atoms with E-state index in [-0.39, 0.29) is 0 Å². The van der Waals surface area contributed by atoms with Crippen molar-refractivity contribution in [3.8, 4) is 0 Å². The van der Waals surface area contributed by atoms with Gasteiger partial charge in [-0.1, -0.05) is 0 Å². The molecule has 0 aromatic rings. The Kier molecular flexibility index (Phi) is 5.83. The maximum Gasteiger partial charge on any atom is 0.0459 e. The largest absolute Gasteiger partial charge is 0.396 e. The second kappa shape index (κ2) is 6.68. The van der Waals surface area contributed by atoms with E-state index in [1.807, 2.05) is 11.8 Å². The van der Waals surface area contributed by atoms with Crippen LogP contribution in [0.1, 0.15) is 25.7 Å². The number of aliphatic hydroxyl groups excluding tert-OH is 1. The minimum atomic E-state index is 0.392. The van der Waals surface area contributed by atoms with Crippen LogP contribution in [0.2, 0.25) is 0 Å². The maximum atomic E-state index is 8.97. The summed E-state index contributed by atoms with van der Waals surface area (Å²) in [4.78, 5) is 0. The number of aliphatic hydroxyl groups is 1. The fourth-order valence-corrected chi connectivity index (χ4v) is 2.91. The third kappa shape index (κ3) is 4.34. The van der Waals surface area contributed by atoms with Gasteiger partial charge in [-0.3, -0.25) is 0 Å². The van der Waals surface area contributed by atoms with Crippen LogP contribution in [0.5, 0.6) is 0 Å². The number of rotatable bonds is 5. The van der Waals surface area contributed by atoms with Crippen molar-refractivity contribution in [2.24, 2.45) is 17.6 Å². The summed E-state index contributed by atoms with van der Waals surface area (Å²) < 4.78 is 0. The molecule has 0 heterocycles. The van der Waals surface area contributed by atoms with Gasteiger partial charge in [0.2, 0.25) is 0 Å². The topological polar surface area (TPSA) is 46.2 Å². The van der Waals surface area contributed by atoms with Gasteiger partial charge < -0.3 is 10.8 Å². The molecule has 0 aliphatic heterocycles. The quantitative estimate of drug-likeness (QED) is 0.665. The summed E-state index contributed by atoms with van der Waals surface area (Å²) in [5, 5.41) is 8.97. The molecule has 0 amide bonds. The maximum absolute atomic E-state index is 8.97. The van der Waals surface area contributed by atoms with Gasteiger partial charge in [0.1, 0.15) is 0 Å². The van der Waals surface area contributed by atoms with Crippen molar-refractivity contribution >= 4 is 11.8 Å². The van der Waals surface area contributed by atoms with Crippen LogP contribution in [0.3, 0.4) is 0 Å². The third-order valence-electron chi connectivity index (χ3n) is 2.84. The van der Waals surface area contributed by atoms with E-state index < -0.39 is 0 Å². The summed E-state index contributed by atoms with van der Waals surface area (Å²) in [6.45, 7) is 1.19. The lowest BCUT2D eigenvalue weighted by atomic mass is 9.83. The van der Waals surface area contributed by atoms with E-state index in [2.05, 4.69) is 0 Å². The van der Waals surface area contributed by atoms with Crippen LogP contribution >= 0.6 is 11.8 Å². The highest BCUT2D eigenvalue weighted by Gasteiger charge is 2.19. The second-order valence-corrected chi connectivity index (χ2v) is 5.08. The van der Waals surface area contributed by atoms with Crippen LogP contribution in [-0.2, 0) is 0 Å². The minimum Gasteiger partial charge on any atom is -0.396 e. The molecule has 78 valence electrons. The monoisotopic (exact) mass is 203 g/mol. The fraction of sp³-hybridized carbons (Fsp3) is 1.00. The lowest BCUT2D eigenvalue weighted by Crippen LogP contribution is -2.19. The highest BCUT2D eigenvalue weighted by molar-refractivity contribution is 7.99. The van der Waals surface area contributed by atoms with Crippen molar-refractivity contribution in [2.75, 3.05) is 24.7 Å². The summed E-state index contributed by atoms with van der Waals surface area (Å²) in [6.07, 6.45) is 5.07. The highest BCUT2D eigenvalue weighted by Crippen LogP contribution is 2.30. The zero-order chi connectivity index (χ0) is 9.52. The van der Waals surface area contributed by atoms with Crippen molar-refractivity contribution in [1.29, 1.82) is 0 Å². The van der Waals surface area contributed by atoms with Gasteiger partial charge in [-0.2, -0.15) is 11.8 Å². The summed E-state index contributed by atoms with van der Waals surface area (Å²) in [7, 11) is 0. The van der Waals surface area contributed by atoms with Crippen molar-refractivity contribution in [3.63, 3.8) is 0 Å². The molecule has 1 rings (SSSR count). The first-order valence-corrected chi connectivity index (χ1v) is 6.41. The molecular formula is C10H21NOS. The first kappa shape index (κ1) is 11.3. The molecule has 1 aliphatic rings. The molecule has 3 heteroatoms. The first-order valence-electron chi connectivity index (χ1n) is 5.25. The molecule has 0 aromatic heterocycles. The van der Waals surface area contributed by atoms with Gasteiger partial charge in [-0.15, -0.1) is 0 Å². The van der Waals surface area contributed by atoms with Gasteiger partial charge in [0.25, 0.3) is 0 Å². The average molecular weight is 203 g/mol. The molecule has 13 heavy (non-hydrogen) atoms. The summed E-state index contributed by atoms with van der Waals surface area (Å²) in [6, 6.07) is 0. The van der Waals surface area contributed by atoms with Crippen LogP contribution in [0, 0.1) is 11.8 Å². The minimum absolute atomic E-state index is 0.392. The van der Waals surface area contributed by atoms with E-state index in [0.29, 0.717) is 12.5 Å². The van der Waals surface area contributed by atoms with E-state index >= 15 is 0 Å². The van der Waals surface area contributed by atoms with Crippen molar-refractivity contribution in [3.05, 3.63) is 0 Å². The standard InChI is InChI=1S/C10H21NOS/c11-5-6-13-8-10-3-1-9(7-12)2-4-10/h9-10,12H,1-8,11H2. The van der Waals surface area contributed by atoms with E-state index in [9.17, 15) is 0 Å². The predicted octanol–water partition coefficient (Wildman–Crippen LogP) is 1.48. The van der Waals surface area contributed by atoms with E-state index in [1.165, 1.54) is 31.4 Å². The third-order valence-corrected chi connectivity index (χ3v) is 4.07. The highest BCUT2D eigenvalue weighted by atomic mass is 32.2. The molecular weight excluding hydrogens is 182 g/mol. The normalized spacial score (nSPS) is 29.1. The van der Waals surface area contributed by atoms with Crippen LogP contribution in [0.25, 0.3) is 0 Å². The van der Waals surface area contributed by atoms with Crippen LogP contribution in [-0.4, -0.2) is 29.8 Å². The molecule has 1 aliphatic carbocycles. The van der Waals surface area contributed by atoms with Crippen LogP contribution in [0.15, 0.2) is 0 Å². The molecule has 0 unspecified atom stereocenters. The van der Waals surface area contributed by atoms with Crippen LogP contribution < -0.4 is 5.73 Å². The predicted molar refractivity (Wildman–Crippen MR) is 58.9 cm³/mol. The van der Waals surface area contributed by atoms with E-state index in [4.69, 9.17) is 10.8 Å². The van der Waals surface area contributed by atoms with Gasteiger partial charge in [-0.05, 0) is 43.3 Å². The Morgan fingerprint density at radius 3 is 2.31 bits per heavy atom. The Balaban J connectivity index is 2.03. The molecule has 0 aromatic carbocycles. The molecule has 3 N–H and O–H groups in total. The zero-order valence-electron chi connectivity index (χ0n) is 8.24. The second-order valence-electron chi connectivity index (χ2n) is 3.93. The number of hydrogen-bond acceptors (Lipinski definition) is 3. The van der Waals surface area contributed by atoms with Crippen molar-refractivity contribution in [1.82, 2.24) is 0 Å². The SMILES string of the molecule is NCCSCC1CCC(CO)CC1. The van der Waals surface area contributed by atoms with Crippen molar-refractivity contribution < 1.29 is 5.11 Å². The van der Waals surface area contributed by atoms with Gasteiger partial charge in [0.05, 0.1) is 0 Å². The Hall–Kier alpha value is 0.270. The van der Waals surface area contributed by atoms with Gasteiger partial charge in [0.15, 0.2) is 0 Å². The smallest absolute Gasteiger partial charge is 0.0459 e. The van der Waals surface area contributed by atoms with E-state index in [1.54, 1.807) is 0 Å². The summed E-state index contributed by atoms with van der Waals surface area (Å²) >= 11 is 1.98. The summed E-state index contributed by atoms with van der Waals surface area (Å²) in [5.41, 5.74) is 5.43. The van der Waals surface area contributed by atoms with Gasteiger partial charge in [-0.25, -0.2) is 0 Å². The summed E-state index contributed by atoms with van der Waals surface area (Å²) in [5.74, 6) is 3.85. The van der Waals surface area contributed by atoms with Crippen LogP contribution in [0.4, 0.5) is 0 Å². The Labute approximate surface area is 85.3 Å². The van der Waals surface area contributed by atoms with Crippen molar-refractivity contribution in [2.45, 2.75) is 25.7 Å². The van der Waals surface area contributed by atoms with E-state index in [0.717, 1.165) is 18.2 Å². The Morgan fingerprint density at radius 1 is 1.15 bits per heavy atom. The molecule has 1 fully saturated rings. The molecule has 2 nitrogen and oxygen atoms in total. The lowest BCUT2D eigenvalue weighted by Gasteiger charge is -2.26. The number of thioether (sulfide) groups is 1. The number of nitrogens with two attached hydrogens (primary N) is 1. The molecule has 0 atom stereocenters. The number of hydrogen-bond donors (Lipinski definition) is 2. The molecule has 1 saturated carbocycles. The zero-order valence-corrected chi connectivity index (χ0v) is 9.06. The Morgan fingerprint density at radius 2 is 1.77 bits per heavy atom. The first-order chi connectivity index (χ1) is 6.36. The Bertz CT molecular complexity index is 121. The average Bonchev–Trinajstić information content (AvgIpc) is 2.19. The fourth-order valence-electron chi connectivity index (χ4n) is 1.91. The molecule has 0 radical (unpaired) electrons.